The molecule has 0 saturated heterocycles. The summed E-state index contributed by atoms with van der Waals surface area (Å²) in [5, 5.41) is 8.63. The lowest BCUT2D eigenvalue weighted by Gasteiger charge is -2.01. The van der Waals surface area contributed by atoms with Crippen molar-refractivity contribution < 1.29 is 9.90 Å². The molecule has 0 heterocycles. The molecule has 2 nitrogen and oxygen atoms in total. The van der Waals surface area contributed by atoms with Gasteiger partial charge in [0.15, 0.2) is 5.78 Å². The molecule has 0 aliphatic heterocycles. The quantitative estimate of drug-likeness (QED) is 0.586. The predicted octanol–water partition coefficient (Wildman–Crippen LogP) is 4.75. The molecule has 0 amide bonds. The highest BCUT2D eigenvalue weighted by Crippen LogP contribution is 2.12. The summed E-state index contributed by atoms with van der Waals surface area (Å²) in [6.07, 6.45) is 12.3. The Morgan fingerprint density at radius 3 is 1.70 bits per heavy atom. The average Bonchev–Trinajstić information content (AvgIpc) is 2.38. The number of hydrogen-bond donors (Lipinski definition) is 1. The lowest BCUT2D eigenvalue weighted by atomic mass is 10.1. The van der Waals surface area contributed by atoms with Crippen LogP contribution >= 0.6 is 0 Å². The van der Waals surface area contributed by atoms with Crippen LogP contribution < -0.4 is 0 Å². The number of rotatable bonds is 10. The van der Waals surface area contributed by atoms with Crippen molar-refractivity contribution in [2.45, 2.75) is 66.2 Å². The van der Waals surface area contributed by atoms with Gasteiger partial charge in [0.25, 0.3) is 0 Å². The van der Waals surface area contributed by atoms with Gasteiger partial charge in [0.05, 0.1) is 0 Å². The Morgan fingerprint density at radius 1 is 0.800 bits per heavy atom. The van der Waals surface area contributed by atoms with E-state index in [1.807, 2.05) is 0 Å². The normalized spacial score (nSPS) is 12.4. The van der Waals surface area contributed by atoms with Crippen molar-refractivity contribution in [2.75, 3.05) is 6.61 Å². The number of allylic oxidation sites excluding steroid dienone is 6. The van der Waals surface area contributed by atoms with Crippen LogP contribution in [0.2, 0.25) is 0 Å². The first-order valence-corrected chi connectivity index (χ1v) is 7.53. The van der Waals surface area contributed by atoms with Gasteiger partial charge in [0, 0.05) is 6.42 Å². The maximum atomic E-state index is 11.0. The first kappa shape index (κ1) is 18.9. The molecular weight excluding hydrogens is 248 g/mol. The fraction of sp³-hybridized carbons (Fsp3) is 0.611. The summed E-state index contributed by atoms with van der Waals surface area (Å²) in [5.41, 5.74) is 4.16. The van der Waals surface area contributed by atoms with Gasteiger partial charge in [0.1, 0.15) is 6.61 Å². The fourth-order valence-corrected chi connectivity index (χ4v) is 1.90. The van der Waals surface area contributed by atoms with E-state index in [-0.39, 0.29) is 12.4 Å². The minimum absolute atomic E-state index is 0.0796. The highest BCUT2D eigenvalue weighted by Gasteiger charge is 1.97. The predicted molar refractivity (Wildman–Crippen MR) is 86.7 cm³/mol. The van der Waals surface area contributed by atoms with Gasteiger partial charge in [-0.3, -0.25) is 4.79 Å². The van der Waals surface area contributed by atoms with E-state index in [0.717, 1.165) is 32.1 Å². The maximum Gasteiger partial charge on any atom is 0.158 e. The summed E-state index contributed by atoms with van der Waals surface area (Å²) in [6.45, 7) is 8.23. The van der Waals surface area contributed by atoms with E-state index >= 15 is 0 Å². The number of aliphatic hydroxyl groups is 1. The third-order valence-corrected chi connectivity index (χ3v) is 3.22. The second-order valence-corrected chi connectivity index (χ2v) is 5.70. The molecule has 0 atom stereocenters. The molecule has 0 rings (SSSR count). The Morgan fingerprint density at radius 2 is 1.25 bits per heavy atom. The smallest absolute Gasteiger partial charge is 0.158 e. The van der Waals surface area contributed by atoms with Crippen LogP contribution in [0.4, 0.5) is 0 Å². The van der Waals surface area contributed by atoms with E-state index < -0.39 is 0 Å². The monoisotopic (exact) mass is 278 g/mol. The number of Topliss-reactive ketones (excluding diaryl/α,β-unsaturated/α-hetero) is 1. The molecule has 114 valence electrons. The van der Waals surface area contributed by atoms with Gasteiger partial charge in [0.2, 0.25) is 0 Å². The van der Waals surface area contributed by atoms with E-state index in [2.05, 4.69) is 45.9 Å². The van der Waals surface area contributed by atoms with Gasteiger partial charge in [-0.25, -0.2) is 0 Å². The Bertz CT molecular complexity index is 369. The highest BCUT2D eigenvalue weighted by atomic mass is 16.3. The zero-order chi connectivity index (χ0) is 15.4. The second-order valence-electron chi connectivity index (χ2n) is 5.70. The third-order valence-electron chi connectivity index (χ3n) is 3.22. The maximum absolute atomic E-state index is 11.0. The molecule has 0 saturated carbocycles. The molecular formula is C18H30O2. The number of aliphatic hydroxyl groups excluding tert-OH is 1. The molecule has 0 aromatic carbocycles. The lowest BCUT2D eigenvalue weighted by Crippen LogP contribution is -2.01. The highest BCUT2D eigenvalue weighted by molar-refractivity contribution is 5.79. The van der Waals surface area contributed by atoms with Crippen LogP contribution in [-0.2, 0) is 4.79 Å². The van der Waals surface area contributed by atoms with Crippen molar-refractivity contribution >= 4 is 5.78 Å². The largest absolute Gasteiger partial charge is 0.389 e. The molecule has 20 heavy (non-hydrogen) atoms. The molecule has 0 aliphatic carbocycles. The standard InChI is InChI=1S/C18H30O2/c1-15(2)8-5-9-16(3)10-6-11-17(4)12-7-13-18(20)14-19/h8,10,12,19H,5-7,9,11,13-14H2,1-4H3/b16-10-,17-12-. The average molecular weight is 278 g/mol. The van der Waals surface area contributed by atoms with Gasteiger partial charge in [-0.05, 0) is 59.8 Å². The first-order chi connectivity index (χ1) is 9.45. The molecule has 0 radical (unpaired) electrons. The van der Waals surface area contributed by atoms with E-state index in [0.29, 0.717) is 6.42 Å². The number of hydrogen-bond acceptors (Lipinski definition) is 2. The fourth-order valence-electron chi connectivity index (χ4n) is 1.90. The molecule has 1 N–H and O–H groups in total. The van der Waals surface area contributed by atoms with Crippen LogP contribution in [0.1, 0.15) is 66.2 Å². The van der Waals surface area contributed by atoms with Gasteiger partial charge < -0.3 is 5.11 Å². The summed E-state index contributed by atoms with van der Waals surface area (Å²) in [6, 6.07) is 0. The Balaban J connectivity index is 3.88. The molecule has 0 unspecified atom stereocenters. The SMILES string of the molecule is CC(C)=CCC/C(C)=C\CC/C(C)=C\CCC(=O)CO. The Labute approximate surface area is 124 Å². The Kier molecular flexibility index (Phi) is 11.0. The summed E-state index contributed by atoms with van der Waals surface area (Å²) >= 11 is 0. The van der Waals surface area contributed by atoms with Crippen LogP contribution in [0.3, 0.4) is 0 Å². The van der Waals surface area contributed by atoms with Crippen molar-refractivity contribution in [3.8, 4) is 0 Å². The molecule has 2 heteroatoms. The molecule has 0 spiro atoms. The van der Waals surface area contributed by atoms with Crippen LogP contribution in [0.5, 0.6) is 0 Å². The molecule has 0 aromatic rings. The van der Waals surface area contributed by atoms with E-state index in [1.165, 1.54) is 16.7 Å². The lowest BCUT2D eigenvalue weighted by molar-refractivity contribution is -0.121. The summed E-state index contributed by atoms with van der Waals surface area (Å²) in [7, 11) is 0. The zero-order valence-corrected chi connectivity index (χ0v) is 13.5. The van der Waals surface area contributed by atoms with Gasteiger partial charge >= 0.3 is 0 Å². The summed E-state index contributed by atoms with van der Waals surface area (Å²) in [4.78, 5) is 11.0. The van der Waals surface area contributed by atoms with Crippen LogP contribution in [0, 0.1) is 0 Å². The van der Waals surface area contributed by atoms with Crippen molar-refractivity contribution in [3.63, 3.8) is 0 Å². The molecule has 0 aromatic heterocycles. The summed E-state index contributed by atoms with van der Waals surface area (Å²) in [5.74, 6) is -0.0796. The molecule has 0 bridgehead atoms. The van der Waals surface area contributed by atoms with Crippen molar-refractivity contribution in [2.24, 2.45) is 0 Å². The minimum Gasteiger partial charge on any atom is -0.389 e. The number of carbonyl (C=O) groups excluding carboxylic acids is 1. The van der Waals surface area contributed by atoms with Crippen LogP contribution in [0.15, 0.2) is 34.9 Å². The van der Waals surface area contributed by atoms with E-state index in [1.54, 1.807) is 0 Å². The van der Waals surface area contributed by atoms with E-state index in [4.69, 9.17) is 5.11 Å². The molecule has 0 aliphatic rings. The van der Waals surface area contributed by atoms with Gasteiger partial charge in [-0.2, -0.15) is 0 Å². The van der Waals surface area contributed by atoms with Gasteiger partial charge in [-0.1, -0.05) is 34.9 Å². The first-order valence-electron chi connectivity index (χ1n) is 7.53. The second kappa shape index (κ2) is 11.7. The van der Waals surface area contributed by atoms with E-state index in [9.17, 15) is 4.79 Å². The zero-order valence-electron chi connectivity index (χ0n) is 13.5. The number of ketones is 1. The summed E-state index contributed by atoms with van der Waals surface area (Å²) < 4.78 is 0. The van der Waals surface area contributed by atoms with Gasteiger partial charge in [-0.15, -0.1) is 0 Å². The Hall–Kier alpha value is -1.15. The van der Waals surface area contributed by atoms with Crippen molar-refractivity contribution in [1.29, 1.82) is 0 Å². The van der Waals surface area contributed by atoms with Crippen LogP contribution in [0.25, 0.3) is 0 Å². The van der Waals surface area contributed by atoms with Crippen molar-refractivity contribution in [1.82, 2.24) is 0 Å². The minimum atomic E-state index is -0.333. The van der Waals surface area contributed by atoms with Crippen LogP contribution in [-0.4, -0.2) is 17.5 Å². The van der Waals surface area contributed by atoms with Crippen molar-refractivity contribution in [3.05, 3.63) is 34.9 Å². The third kappa shape index (κ3) is 11.9. The molecule has 0 fully saturated rings. The topological polar surface area (TPSA) is 37.3 Å². The number of carbonyl (C=O) groups is 1.